The second-order valence-corrected chi connectivity index (χ2v) is 4.61. The molecule has 0 fully saturated rings. The smallest absolute Gasteiger partial charge is 0.194 e. The molecule has 0 saturated heterocycles. The highest BCUT2D eigenvalue weighted by Gasteiger charge is 2.74. The van der Waals surface area contributed by atoms with Crippen molar-refractivity contribution in [2.45, 2.75) is 18.0 Å². The fourth-order valence-electron chi connectivity index (χ4n) is 1.44. The molecule has 0 aromatic heterocycles. The van der Waals surface area contributed by atoms with E-state index in [1.165, 1.54) is 6.07 Å². The van der Waals surface area contributed by atoms with Crippen LogP contribution in [0.4, 0.5) is 30.7 Å². The van der Waals surface area contributed by atoms with Crippen LogP contribution in [0.15, 0.2) is 34.8 Å². The first-order valence-corrected chi connectivity index (χ1v) is 5.94. The van der Waals surface area contributed by atoms with Crippen molar-refractivity contribution >= 4 is 21.5 Å². The van der Waals surface area contributed by atoms with Gasteiger partial charge in [0.05, 0.1) is 5.57 Å². The topological polar surface area (TPSA) is 23.8 Å². The molecule has 0 unspecified atom stereocenters. The third kappa shape index (κ3) is 3.05. The predicted octanol–water partition coefficient (Wildman–Crippen LogP) is 5.15. The van der Waals surface area contributed by atoms with Crippen LogP contribution in [0.3, 0.4) is 0 Å². The zero-order valence-electron chi connectivity index (χ0n) is 9.86. The number of nitrogens with zero attached hydrogens (tertiary/aromatic N) is 1. The Hall–Kier alpha value is -1.56. The average molecular weight is 376 g/mol. The van der Waals surface area contributed by atoms with Gasteiger partial charge in [0.2, 0.25) is 0 Å². The number of nitriles is 1. The average Bonchev–Trinajstić information content (AvgIpc) is 2.38. The lowest BCUT2D eigenvalue weighted by Gasteiger charge is -2.30. The number of alkyl halides is 7. The Morgan fingerprint density at radius 1 is 0.952 bits per heavy atom. The molecule has 0 radical (unpaired) electrons. The van der Waals surface area contributed by atoms with Crippen molar-refractivity contribution < 1.29 is 30.7 Å². The monoisotopic (exact) mass is 375 g/mol. The normalized spacial score (nSPS) is 14.4. The highest BCUT2D eigenvalue weighted by molar-refractivity contribution is 9.12. The van der Waals surface area contributed by atoms with Crippen molar-refractivity contribution in [2.75, 3.05) is 0 Å². The molecule has 0 saturated carbocycles. The summed E-state index contributed by atoms with van der Waals surface area (Å²) in [6, 6.07) is 6.57. The lowest BCUT2D eigenvalue weighted by Crippen LogP contribution is -2.52. The minimum absolute atomic E-state index is 0.625. The maximum absolute atomic E-state index is 13.8. The van der Waals surface area contributed by atoms with Crippen molar-refractivity contribution in [1.82, 2.24) is 0 Å². The van der Waals surface area contributed by atoms with E-state index in [1.54, 1.807) is 0 Å². The molecule has 0 atom stereocenters. The quantitative estimate of drug-likeness (QED) is 0.529. The summed E-state index contributed by atoms with van der Waals surface area (Å²) in [5, 5.41) is 8.58. The number of hydrogen-bond donors (Lipinski definition) is 0. The van der Waals surface area contributed by atoms with Crippen LogP contribution in [0.2, 0.25) is 0 Å². The van der Waals surface area contributed by atoms with E-state index in [2.05, 4.69) is 15.9 Å². The second-order valence-electron chi connectivity index (χ2n) is 3.81. The molecule has 0 bridgehead atoms. The van der Waals surface area contributed by atoms with E-state index < -0.39 is 33.6 Å². The maximum atomic E-state index is 13.8. The highest BCUT2D eigenvalue weighted by atomic mass is 79.9. The summed E-state index contributed by atoms with van der Waals surface area (Å²) in [4.78, 5) is 0. The van der Waals surface area contributed by atoms with Crippen LogP contribution < -0.4 is 0 Å². The van der Waals surface area contributed by atoms with Crippen LogP contribution in [0, 0.1) is 11.3 Å². The third-order valence-electron chi connectivity index (χ3n) is 2.44. The van der Waals surface area contributed by atoms with Gasteiger partial charge >= 0.3 is 18.0 Å². The van der Waals surface area contributed by atoms with Gasteiger partial charge in [0.15, 0.2) is 0 Å². The first-order chi connectivity index (χ1) is 9.46. The molecule has 0 aliphatic rings. The summed E-state index contributed by atoms with van der Waals surface area (Å²) >= 11 is 2.31. The number of benzene rings is 1. The fraction of sp³-hybridized carbons (Fsp3) is 0.250. The van der Waals surface area contributed by atoms with Gasteiger partial charge in [0.1, 0.15) is 10.6 Å². The molecule has 21 heavy (non-hydrogen) atoms. The molecule has 0 N–H and O–H groups in total. The number of hydrogen-bond acceptors (Lipinski definition) is 1. The van der Waals surface area contributed by atoms with E-state index in [9.17, 15) is 30.7 Å². The molecule has 0 spiro atoms. The van der Waals surface area contributed by atoms with Crippen LogP contribution in [-0.2, 0) is 0 Å². The van der Waals surface area contributed by atoms with Crippen LogP contribution >= 0.6 is 15.9 Å². The van der Waals surface area contributed by atoms with Gasteiger partial charge in [-0.1, -0.05) is 30.3 Å². The van der Waals surface area contributed by atoms with Crippen LogP contribution in [-0.4, -0.2) is 18.0 Å². The summed E-state index contributed by atoms with van der Waals surface area (Å²) in [5.41, 5.74) is -2.35. The van der Waals surface area contributed by atoms with Gasteiger partial charge in [-0.15, -0.1) is 0 Å². The van der Waals surface area contributed by atoms with Gasteiger partial charge in [-0.2, -0.15) is 36.0 Å². The molecule has 114 valence electrons. The van der Waals surface area contributed by atoms with E-state index in [4.69, 9.17) is 5.26 Å². The van der Waals surface area contributed by atoms with E-state index in [1.807, 2.05) is 0 Å². The van der Waals surface area contributed by atoms with Crippen LogP contribution in [0.25, 0.3) is 5.57 Å². The Kier molecular flexibility index (Phi) is 4.73. The Morgan fingerprint density at radius 3 is 1.81 bits per heavy atom. The molecular formula is C12H5BrF7N. The van der Waals surface area contributed by atoms with Crippen molar-refractivity contribution in [2.24, 2.45) is 0 Å². The molecule has 1 aromatic carbocycles. The van der Waals surface area contributed by atoms with Crippen molar-refractivity contribution in [3.63, 3.8) is 0 Å². The summed E-state index contributed by atoms with van der Waals surface area (Å²) in [5.74, 6) is -12.0. The molecule has 1 rings (SSSR count). The summed E-state index contributed by atoms with van der Waals surface area (Å²) < 4.78 is 89.3. The lowest BCUT2D eigenvalue weighted by atomic mass is 9.94. The van der Waals surface area contributed by atoms with E-state index >= 15 is 0 Å². The van der Waals surface area contributed by atoms with Crippen molar-refractivity contribution in [3.05, 3.63) is 40.4 Å². The molecule has 1 aromatic rings. The Morgan fingerprint density at radius 2 is 1.43 bits per heavy atom. The van der Waals surface area contributed by atoms with E-state index in [0.29, 0.717) is 0 Å². The largest absolute Gasteiger partial charge is 0.460 e. The van der Waals surface area contributed by atoms with Gasteiger partial charge < -0.3 is 0 Å². The second kappa shape index (κ2) is 5.67. The van der Waals surface area contributed by atoms with Crippen molar-refractivity contribution in [3.8, 4) is 6.07 Å². The fourth-order valence-corrected chi connectivity index (χ4v) is 1.92. The maximum Gasteiger partial charge on any atom is 0.460 e. The van der Waals surface area contributed by atoms with E-state index in [-0.39, 0.29) is 0 Å². The SMILES string of the molecule is N#C/C(Br)=C(/c1ccccc1)C(F)(F)C(F)(F)C(F)(F)F. The molecule has 9 heteroatoms. The summed E-state index contributed by atoms with van der Waals surface area (Å²) in [7, 11) is 0. The first-order valence-electron chi connectivity index (χ1n) is 5.15. The summed E-state index contributed by atoms with van der Waals surface area (Å²) in [6.45, 7) is 0. The zero-order chi connectivity index (χ0) is 16.5. The standard InChI is InChI=1S/C12H5BrF7N/c13-8(6-21)9(7-4-2-1-3-5-7)10(14,15)11(16,17)12(18,19)20/h1-5H/b9-8+. The number of halogens is 8. The third-order valence-corrected chi connectivity index (χ3v) is 3.02. The van der Waals surface area contributed by atoms with Crippen molar-refractivity contribution in [1.29, 1.82) is 5.26 Å². The number of rotatable bonds is 3. The van der Waals surface area contributed by atoms with Gasteiger partial charge in [0.25, 0.3) is 0 Å². The Balaban J connectivity index is 3.60. The van der Waals surface area contributed by atoms with Crippen LogP contribution in [0.1, 0.15) is 5.56 Å². The van der Waals surface area contributed by atoms with Gasteiger partial charge in [0, 0.05) is 0 Å². The van der Waals surface area contributed by atoms with E-state index in [0.717, 1.165) is 30.3 Å². The minimum Gasteiger partial charge on any atom is -0.194 e. The van der Waals surface area contributed by atoms with Gasteiger partial charge in [-0.05, 0) is 21.5 Å². The minimum atomic E-state index is -6.47. The zero-order valence-corrected chi connectivity index (χ0v) is 11.4. The molecule has 0 aliphatic carbocycles. The lowest BCUT2D eigenvalue weighted by molar-refractivity contribution is -0.338. The molecular weight excluding hydrogens is 371 g/mol. The molecule has 0 heterocycles. The molecule has 0 amide bonds. The predicted molar refractivity (Wildman–Crippen MR) is 63.9 cm³/mol. The van der Waals surface area contributed by atoms with Gasteiger partial charge in [-0.25, -0.2) is 0 Å². The first kappa shape index (κ1) is 17.5. The molecule has 1 nitrogen and oxygen atoms in total. The molecule has 0 aliphatic heterocycles. The highest BCUT2D eigenvalue weighted by Crippen LogP contribution is 2.53. The Bertz CT molecular complexity index is 584. The number of allylic oxidation sites excluding steroid dienone is 2. The van der Waals surface area contributed by atoms with Crippen LogP contribution in [0.5, 0.6) is 0 Å². The van der Waals surface area contributed by atoms with Gasteiger partial charge in [-0.3, -0.25) is 0 Å². The Labute approximate surface area is 122 Å². The summed E-state index contributed by atoms with van der Waals surface area (Å²) in [6.07, 6.45) is -6.47.